The largest absolute Gasteiger partial charge is 0.448 e. The number of carbonyl (C=O) groups is 3. The summed E-state index contributed by atoms with van der Waals surface area (Å²) in [5, 5.41) is 5.77. The van der Waals surface area contributed by atoms with Gasteiger partial charge in [-0.25, -0.2) is 9.59 Å². The Morgan fingerprint density at radius 3 is 2.52 bits per heavy atom. The molecule has 2 aromatic carbocycles. The van der Waals surface area contributed by atoms with Gasteiger partial charge in [0, 0.05) is 30.9 Å². The lowest BCUT2D eigenvalue weighted by atomic mass is 10.1. The highest BCUT2D eigenvalue weighted by atomic mass is 16.6. The first-order valence-electron chi connectivity index (χ1n) is 10.5. The number of cyclic esters (lactones) is 1. The number of benzene rings is 2. The quantitative estimate of drug-likeness (QED) is 0.749. The van der Waals surface area contributed by atoms with Gasteiger partial charge >= 0.3 is 12.1 Å². The van der Waals surface area contributed by atoms with Crippen LogP contribution in [0.4, 0.5) is 15.3 Å². The van der Waals surface area contributed by atoms with Gasteiger partial charge in [-0.2, -0.15) is 0 Å². The first kappa shape index (κ1) is 20.7. The van der Waals surface area contributed by atoms with Gasteiger partial charge in [-0.1, -0.05) is 30.3 Å². The first-order chi connectivity index (χ1) is 15.1. The molecular weight excluding hydrogens is 396 g/mol. The van der Waals surface area contributed by atoms with Crippen LogP contribution in [0.3, 0.4) is 0 Å². The molecule has 8 nitrogen and oxygen atoms in total. The summed E-state index contributed by atoms with van der Waals surface area (Å²) in [4.78, 5) is 40.0. The molecule has 2 aliphatic heterocycles. The summed E-state index contributed by atoms with van der Waals surface area (Å²) in [7, 11) is 0. The number of carbonyl (C=O) groups excluding carboxylic acids is 3. The van der Waals surface area contributed by atoms with Crippen LogP contribution in [0.5, 0.6) is 0 Å². The van der Waals surface area contributed by atoms with Crippen molar-refractivity contribution in [1.82, 2.24) is 15.1 Å². The lowest BCUT2D eigenvalue weighted by Crippen LogP contribution is -2.40. The van der Waals surface area contributed by atoms with Crippen molar-refractivity contribution in [2.24, 2.45) is 0 Å². The molecule has 4 rings (SSSR count). The molecule has 1 atom stereocenters. The van der Waals surface area contributed by atoms with Gasteiger partial charge in [0.05, 0.1) is 12.6 Å². The maximum Gasteiger partial charge on any atom is 0.410 e. The highest BCUT2D eigenvalue weighted by Gasteiger charge is 2.36. The Morgan fingerprint density at radius 2 is 1.81 bits per heavy atom. The summed E-state index contributed by atoms with van der Waals surface area (Å²) < 4.78 is 4.98. The number of hydrogen-bond acceptors (Lipinski definition) is 4. The second kappa shape index (κ2) is 9.51. The third kappa shape index (κ3) is 5.14. The fourth-order valence-electron chi connectivity index (χ4n) is 3.89. The fourth-order valence-corrected chi connectivity index (χ4v) is 3.89. The van der Waals surface area contributed by atoms with Crippen molar-refractivity contribution in [3.63, 3.8) is 0 Å². The minimum absolute atomic E-state index is 0.00251. The number of hydrogen-bond donors (Lipinski definition) is 2. The van der Waals surface area contributed by atoms with Crippen molar-refractivity contribution in [3.05, 3.63) is 65.7 Å². The summed E-state index contributed by atoms with van der Waals surface area (Å²) in [6.07, 6.45) is 1.21. The molecule has 2 aliphatic rings. The number of urea groups is 1. The second-order valence-electron chi connectivity index (χ2n) is 7.70. The number of nitrogens with zero attached hydrogens (tertiary/aromatic N) is 2. The molecule has 2 aromatic rings. The molecule has 0 saturated carbocycles. The standard InChI is InChI=1S/C23H26N4O4/c28-21(24-12-10-17-4-2-1-3-5-17)18-6-8-19(9-7-18)25-22(29)26-13-11-20(16-26)27-14-15-31-23(27)30/h1-9,20H,10-16H2,(H,24,28)(H,25,29). The van der Waals surface area contributed by atoms with E-state index in [2.05, 4.69) is 10.6 Å². The van der Waals surface area contributed by atoms with E-state index in [-0.39, 0.29) is 24.1 Å². The zero-order chi connectivity index (χ0) is 21.6. The summed E-state index contributed by atoms with van der Waals surface area (Å²) >= 11 is 0. The van der Waals surface area contributed by atoms with Crippen LogP contribution in [0.25, 0.3) is 0 Å². The van der Waals surface area contributed by atoms with Crippen molar-refractivity contribution in [1.29, 1.82) is 0 Å². The van der Waals surface area contributed by atoms with Crippen LogP contribution in [-0.2, 0) is 11.2 Å². The van der Waals surface area contributed by atoms with E-state index in [4.69, 9.17) is 4.74 Å². The first-order valence-corrected chi connectivity index (χ1v) is 10.5. The van der Waals surface area contributed by atoms with E-state index in [1.807, 2.05) is 30.3 Å². The molecule has 0 spiro atoms. The molecule has 0 aliphatic carbocycles. The van der Waals surface area contributed by atoms with Crippen LogP contribution in [0.2, 0.25) is 0 Å². The summed E-state index contributed by atoms with van der Waals surface area (Å²) in [6.45, 7) is 2.62. The predicted octanol–water partition coefficient (Wildman–Crippen LogP) is 2.72. The highest BCUT2D eigenvalue weighted by Crippen LogP contribution is 2.20. The summed E-state index contributed by atoms with van der Waals surface area (Å²) in [5.74, 6) is -0.145. The van der Waals surface area contributed by atoms with Crippen LogP contribution in [0.1, 0.15) is 22.3 Å². The van der Waals surface area contributed by atoms with Gasteiger partial charge in [-0.15, -0.1) is 0 Å². The fraction of sp³-hybridized carbons (Fsp3) is 0.348. The molecule has 2 fully saturated rings. The predicted molar refractivity (Wildman–Crippen MR) is 116 cm³/mol. The molecule has 1 unspecified atom stereocenters. The number of anilines is 1. The Kier molecular flexibility index (Phi) is 6.35. The van der Waals surface area contributed by atoms with Crippen LogP contribution in [0, 0.1) is 0 Å². The molecular formula is C23H26N4O4. The SMILES string of the molecule is O=C(NCCc1ccccc1)c1ccc(NC(=O)N2CCC(N3CCOC3=O)C2)cc1. The highest BCUT2D eigenvalue weighted by molar-refractivity contribution is 5.95. The molecule has 2 saturated heterocycles. The van der Waals surface area contributed by atoms with Crippen molar-refractivity contribution < 1.29 is 19.1 Å². The third-order valence-corrected chi connectivity index (χ3v) is 5.62. The van der Waals surface area contributed by atoms with Crippen LogP contribution in [-0.4, -0.2) is 66.7 Å². The Labute approximate surface area is 181 Å². The van der Waals surface area contributed by atoms with Gasteiger partial charge in [0.1, 0.15) is 6.61 Å². The maximum atomic E-state index is 12.6. The molecule has 31 heavy (non-hydrogen) atoms. The van der Waals surface area contributed by atoms with E-state index >= 15 is 0 Å². The molecule has 0 aromatic heterocycles. The van der Waals surface area contributed by atoms with Crippen LogP contribution < -0.4 is 10.6 Å². The van der Waals surface area contributed by atoms with E-state index in [0.717, 1.165) is 12.8 Å². The van der Waals surface area contributed by atoms with E-state index < -0.39 is 0 Å². The Hall–Kier alpha value is -3.55. The minimum atomic E-state index is -0.301. The van der Waals surface area contributed by atoms with Gasteiger partial charge in [-0.05, 0) is 42.7 Å². The van der Waals surface area contributed by atoms with Gasteiger partial charge in [0.2, 0.25) is 0 Å². The Bertz CT molecular complexity index is 932. The summed E-state index contributed by atoms with van der Waals surface area (Å²) in [6, 6.07) is 16.6. The number of rotatable bonds is 6. The van der Waals surface area contributed by atoms with E-state index in [0.29, 0.717) is 44.0 Å². The molecule has 162 valence electrons. The topological polar surface area (TPSA) is 91.0 Å². The minimum Gasteiger partial charge on any atom is -0.448 e. The third-order valence-electron chi connectivity index (χ3n) is 5.62. The maximum absolute atomic E-state index is 12.6. The number of amides is 4. The summed E-state index contributed by atoms with van der Waals surface area (Å²) in [5.41, 5.74) is 2.33. The van der Waals surface area contributed by atoms with Gasteiger partial charge in [-0.3, -0.25) is 9.69 Å². The molecule has 8 heteroatoms. The molecule has 2 heterocycles. The Morgan fingerprint density at radius 1 is 1.03 bits per heavy atom. The lowest BCUT2D eigenvalue weighted by molar-refractivity contribution is 0.0954. The van der Waals surface area contributed by atoms with Crippen molar-refractivity contribution in [2.45, 2.75) is 18.9 Å². The van der Waals surface area contributed by atoms with Gasteiger partial charge < -0.3 is 20.3 Å². The zero-order valence-corrected chi connectivity index (χ0v) is 17.3. The number of ether oxygens (including phenoxy) is 1. The monoisotopic (exact) mass is 422 g/mol. The molecule has 0 bridgehead atoms. The lowest BCUT2D eigenvalue weighted by Gasteiger charge is -2.22. The van der Waals surface area contributed by atoms with Crippen LogP contribution >= 0.6 is 0 Å². The average Bonchev–Trinajstić information content (AvgIpc) is 3.44. The normalized spacial score (nSPS) is 18.1. The Balaban J connectivity index is 1.24. The van der Waals surface area contributed by atoms with Crippen molar-refractivity contribution in [3.8, 4) is 0 Å². The number of likely N-dealkylation sites (tertiary alicyclic amines) is 1. The smallest absolute Gasteiger partial charge is 0.410 e. The molecule has 2 N–H and O–H groups in total. The molecule has 0 radical (unpaired) electrons. The van der Waals surface area contributed by atoms with Gasteiger partial charge in [0.15, 0.2) is 0 Å². The van der Waals surface area contributed by atoms with E-state index in [1.165, 1.54) is 5.56 Å². The molecule has 4 amide bonds. The van der Waals surface area contributed by atoms with Crippen molar-refractivity contribution in [2.75, 3.05) is 38.1 Å². The van der Waals surface area contributed by atoms with Gasteiger partial charge in [0.25, 0.3) is 5.91 Å². The van der Waals surface area contributed by atoms with Crippen LogP contribution in [0.15, 0.2) is 54.6 Å². The van der Waals surface area contributed by atoms with E-state index in [9.17, 15) is 14.4 Å². The zero-order valence-electron chi connectivity index (χ0n) is 17.3. The average molecular weight is 422 g/mol. The number of nitrogens with one attached hydrogen (secondary N) is 2. The van der Waals surface area contributed by atoms with Crippen molar-refractivity contribution >= 4 is 23.7 Å². The second-order valence-corrected chi connectivity index (χ2v) is 7.70. The van der Waals surface area contributed by atoms with E-state index in [1.54, 1.807) is 34.1 Å².